The van der Waals surface area contributed by atoms with Crippen LogP contribution in [0.3, 0.4) is 0 Å². The van der Waals surface area contributed by atoms with Crippen LogP contribution in [0.4, 0.5) is 5.69 Å². The van der Waals surface area contributed by atoms with Crippen LogP contribution in [-0.4, -0.2) is 44.5 Å². The van der Waals surface area contributed by atoms with Crippen molar-refractivity contribution in [3.05, 3.63) is 24.0 Å². The minimum absolute atomic E-state index is 0.0513. The van der Waals surface area contributed by atoms with Gasteiger partial charge in [0.2, 0.25) is 0 Å². The Morgan fingerprint density at radius 2 is 2.11 bits per heavy atom. The van der Waals surface area contributed by atoms with Crippen molar-refractivity contribution in [3.63, 3.8) is 0 Å². The third kappa shape index (κ3) is 6.52. The number of aromatic nitrogens is 1. The summed E-state index contributed by atoms with van der Waals surface area (Å²) in [6, 6.07) is 4.46. The van der Waals surface area contributed by atoms with E-state index >= 15 is 0 Å². The lowest BCUT2D eigenvalue weighted by Gasteiger charge is -2.16. The van der Waals surface area contributed by atoms with Crippen LogP contribution in [0.1, 0.15) is 19.5 Å². The summed E-state index contributed by atoms with van der Waals surface area (Å²) < 4.78 is 10.4. The normalized spacial score (nSPS) is 12.7. The van der Waals surface area contributed by atoms with Gasteiger partial charge < -0.3 is 20.1 Å². The van der Waals surface area contributed by atoms with Crippen molar-refractivity contribution in [1.29, 1.82) is 0 Å². The van der Waals surface area contributed by atoms with Gasteiger partial charge in [0.15, 0.2) is 0 Å². The summed E-state index contributed by atoms with van der Waals surface area (Å²) in [6.45, 7) is 6.31. The van der Waals surface area contributed by atoms with E-state index in [0.29, 0.717) is 19.2 Å². The van der Waals surface area contributed by atoms with Gasteiger partial charge in [-0.25, -0.2) is 0 Å². The summed E-state index contributed by atoms with van der Waals surface area (Å²) in [5.41, 5.74) is 2.08. The Kier molecular flexibility index (Phi) is 7.40. The summed E-state index contributed by atoms with van der Waals surface area (Å²) in [5.74, 6) is 0. The van der Waals surface area contributed by atoms with E-state index in [1.54, 1.807) is 14.2 Å². The number of nitrogens with one attached hydrogen (secondary N) is 2. The van der Waals surface area contributed by atoms with Crippen LogP contribution in [0.2, 0.25) is 0 Å². The smallest absolute Gasteiger partial charge is 0.0976 e. The second-order valence-corrected chi connectivity index (χ2v) is 4.77. The molecule has 108 valence electrons. The van der Waals surface area contributed by atoms with E-state index in [1.807, 2.05) is 12.3 Å². The fraction of sp³-hybridized carbons (Fsp3) is 0.643. The van der Waals surface area contributed by atoms with Crippen molar-refractivity contribution in [2.75, 3.05) is 32.7 Å². The second-order valence-electron chi connectivity index (χ2n) is 4.77. The fourth-order valence-corrected chi connectivity index (χ4v) is 1.62. The van der Waals surface area contributed by atoms with Crippen LogP contribution in [0.15, 0.2) is 18.3 Å². The Morgan fingerprint density at radius 1 is 1.32 bits per heavy atom. The van der Waals surface area contributed by atoms with Gasteiger partial charge in [0.05, 0.1) is 18.4 Å². The monoisotopic (exact) mass is 267 g/mol. The van der Waals surface area contributed by atoms with Crippen molar-refractivity contribution in [2.45, 2.75) is 32.5 Å². The van der Waals surface area contributed by atoms with E-state index in [0.717, 1.165) is 17.9 Å². The molecule has 0 spiro atoms. The van der Waals surface area contributed by atoms with Gasteiger partial charge in [-0.15, -0.1) is 0 Å². The first-order valence-electron chi connectivity index (χ1n) is 6.59. The first-order chi connectivity index (χ1) is 9.15. The maximum Gasteiger partial charge on any atom is 0.0976 e. The molecule has 1 heterocycles. The Morgan fingerprint density at radius 3 is 2.74 bits per heavy atom. The lowest BCUT2D eigenvalue weighted by Crippen LogP contribution is -2.26. The van der Waals surface area contributed by atoms with Gasteiger partial charge in [-0.05, 0) is 12.1 Å². The minimum atomic E-state index is 0.0513. The quantitative estimate of drug-likeness (QED) is 0.712. The number of rotatable bonds is 9. The zero-order chi connectivity index (χ0) is 14.1. The minimum Gasteiger partial charge on any atom is -0.382 e. The van der Waals surface area contributed by atoms with Crippen LogP contribution in [0.5, 0.6) is 0 Å². The van der Waals surface area contributed by atoms with Crippen LogP contribution in [-0.2, 0) is 16.0 Å². The molecule has 0 saturated carbocycles. The number of ether oxygens (including phenoxy) is 2. The van der Waals surface area contributed by atoms with Gasteiger partial charge in [-0.2, -0.15) is 0 Å². The number of methoxy groups -OCH3 is 2. The lowest BCUT2D eigenvalue weighted by molar-refractivity contribution is 0.0365. The standard InChI is InChI=1S/C14H25N3O2/c1-11(2)16-8-13-7-12(5-6-15-13)17-9-14(19-4)10-18-3/h5-7,11,14,16H,8-10H2,1-4H3,(H,15,17). The van der Waals surface area contributed by atoms with E-state index in [2.05, 4.69) is 35.5 Å². The molecule has 1 aromatic rings. The molecular weight excluding hydrogens is 242 g/mol. The van der Waals surface area contributed by atoms with E-state index in [1.165, 1.54) is 0 Å². The average Bonchev–Trinajstić information content (AvgIpc) is 2.41. The molecule has 0 aliphatic rings. The second kappa shape index (κ2) is 8.85. The maximum atomic E-state index is 5.31. The van der Waals surface area contributed by atoms with E-state index in [9.17, 15) is 0 Å². The Balaban J connectivity index is 2.47. The zero-order valence-corrected chi connectivity index (χ0v) is 12.3. The highest BCUT2D eigenvalue weighted by atomic mass is 16.5. The number of hydrogen-bond acceptors (Lipinski definition) is 5. The summed E-state index contributed by atoms with van der Waals surface area (Å²) in [5, 5.41) is 6.69. The predicted octanol–water partition coefficient (Wildman–Crippen LogP) is 1.65. The van der Waals surface area contributed by atoms with Crippen LogP contribution in [0.25, 0.3) is 0 Å². The third-order valence-corrected chi connectivity index (χ3v) is 2.73. The molecule has 1 rings (SSSR count). The van der Waals surface area contributed by atoms with Crippen LogP contribution in [0, 0.1) is 0 Å². The maximum absolute atomic E-state index is 5.31. The molecule has 0 bridgehead atoms. The molecule has 19 heavy (non-hydrogen) atoms. The number of anilines is 1. The van der Waals surface area contributed by atoms with Crippen molar-refractivity contribution < 1.29 is 9.47 Å². The number of pyridine rings is 1. The highest BCUT2D eigenvalue weighted by Crippen LogP contribution is 2.08. The molecule has 0 fully saturated rings. The average molecular weight is 267 g/mol. The van der Waals surface area contributed by atoms with Gasteiger partial charge >= 0.3 is 0 Å². The molecule has 5 nitrogen and oxygen atoms in total. The summed E-state index contributed by atoms with van der Waals surface area (Å²) in [6.07, 6.45) is 1.87. The molecule has 1 unspecified atom stereocenters. The molecule has 0 aliphatic carbocycles. The Labute approximate surface area is 115 Å². The van der Waals surface area contributed by atoms with Crippen molar-refractivity contribution >= 4 is 5.69 Å². The predicted molar refractivity (Wildman–Crippen MR) is 77.4 cm³/mol. The van der Waals surface area contributed by atoms with E-state index in [4.69, 9.17) is 9.47 Å². The van der Waals surface area contributed by atoms with Crippen LogP contribution < -0.4 is 10.6 Å². The van der Waals surface area contributed by atoms with Gasteiger partial charge in [0, 0.05) is 45.2 Å². The molecule has 1 atom stereocenters. The first-order valence-corrected chi connectivity index (χ1v) is 6.59. The van der Waals surface area contributed by atoms with Crippen molar-refractivity contribution in [3.8, 4) is 0 Å². The highest BCUT2D eigenvalue weighted by Gasteiger charge is 2.06. The summed E-state index contributed by atoms with van der Waals surface area (Å²) in [7, 11) is 3.37. The lowest BCUT2D eigenvalue weighted by atomic mass is 10.2. The van der Waals surface area contributed by atoms with Gasteiger partial charge in [-0.1, -0.05) is 13.8 Å². The van der Waals surface area contributed by atoms with E-state index in [-0.39, 0.29) is 6.10 Å². The van der Waals surface area contributed by atoms with Crippen molar-refractivity contribution in [2.24, 2.45) is 0 Å². The molecule has 5 heteroatoms. The topological polar surface area (TPSA) is 55.4 Å². The van der Waals surface area contributed by atoms with E-state index < -0.39 is 0 Å². The summed E-state index contributed by atoms with van der Waals surface area (Å²) >= 11 is 0. The van der Waals surface area contributed by atoms with Crippen molar-refractivity contribution in [1.82, 2.24) is 10.3 Å². The molecule has 0 amide bonds. The molecule has 1 aromatic heterocycles. The van der Waals surface area contributed by atoms with Gasteiger partial charge in [0.1, 0.15) is 0 Å². The van der Waals surface area contributed by atoms with Gasteiger partial charge in [-0.3, -0.25) is 4.98 Å². The molecule has 0 aromatic carbocycles. The highest BCUT2D eigenvalue weighted by molar-refractivity contribution is 5.43. The van der Waals surface area contributed by atoms with Crippen LogP contribution >= 0.6 is 0 Å². The molecule has 2 N–H and O–H groups in total. The third-order valence-electron chi connectivity index (χ3n) is 2.73. The van der Waals surface area contributed by atoms with Gasteiger partial charge in [0.25, 0.3) is 0 Å². The SMILES string of the molecule is COCC(CNc1ccnc(CNC(C)C)c1)OC. The number of hydrogen-bond donors (Lipinski definition) is 2. The molecule has 0 saturated heterocycles. The Bertz CT molecular complexity index is 358. The first kappa shape index (κ1) is 15.9. The summed E-state index contributed by atoms with van der Waals surface area (Å²) in [4.78, 5) is 4.34. The molecule has 0 radical (unpaired) electrons. The zero-order valence-electron chi connectivity index (χ0n) is 12.3. The molecular formula is C14H25N3O2. The molecule has 0 aliphatic heterocycles. The number of nitrogens with zero attached hydrogens (tertiary/aromatic N) is 1. The fourth-order valence-electron chi connectivity index (χ4n) is 1.62. The Hall–Kier alpha value is -1.17. The largest absolute Gasteiger partial charge is 0.382 e.